The second kappa shape index (κ2) is 9.24. The molecule has 8 nitrogen and oxygen atoms in total. The van der Waals surface area contributed by atoms with Crippen LogP contribution in [0.4, 0.5) is 11.4 Å². The summed E-state index contributed by atoms with van der Waals surface area (Å²) < 4.78 is 0. The lowest BCUT2D eigenvalue weighted by atomic mass is 10.1. The number of nitro benzene ring substituents is 1. The largest absolute Gasteiger partial charge is 0.322 e. The van der Waals surface area contributed by atoms with Gasteiger partial charge >= 0.3 is 0 Å². The Morgan fingerprint density at radius 2 is 1.67 bits per heavy atom. The van der Waals surface area contributed by atoms with E-state index in [4.69, 9.17) is 0 Å². The van der Waals surface area contributed by atoms with Crippen molar-refractivity contribution in [1.82, 2.24) is 5.43 Å². The highest BCUT2D eigenvalue weighted by atomic mass is 16.6. The van der Waals surface area contributed by atoms with E-state index in [0.717, 1.165) is 5.56 Å². The van der Waals surface area contributed by atoms with Crippen LogP contribution in [0, 0.1) is 17.0 Å². The Morgan fingerprint density at radius 3 is 2.40 bits per heavy atom. The zero-order chi connectivity index (χ0) is 21.5. The number of aryl methyl sites for hydroxylation is 1. The number of nitrogens with one attached hydrogen (secondary N) is 2. The number of nitrogens with zero attached hydrogens (tertiary/aromatic N) is 2. The first-order chi connectivity index (χ1) is 14.4. The molecule has 0 fully saturated rings. The van der Waals surface area contributed by atoms with Crippen molar-refractivity contribution in [2.75, 3.05) is 5.32 Å². The minimum Gasteiger partial charge on any atom is -0.322 e. The number of hydrogen-bond donors (Lipinski definition) is 2. The highest BCUT2D eigenvalue weighted by Crippen LogP contribution is 2.14. The van der Waals surface area contributed by atoms with Crippen LogP contribution in [0.3, 0.4) is 0 Å². The number of non-ortho nitro benzene ring substituents is 1. The average Bonchev–Trinajstić information content (AvgIpc) is 2.74. The van der Waals surface area contributed by atoms with E-state index in [9.17, 15) is 19.7 Å². The van der Waals surface area contributed by atoms with Crippen LogP contribution in [0.5, 0.6) is 0 Å². The summed E-state index contributed by atoms with van der Waals surface area (Å²) in [5, 5.41) is 17.4. The molecule has 0 bridgehead atoms. The zero-order valence-electron chi connectivity index (χ0n) is 16.0. The van der Waals surface area contributed by atoms with E-state index in [1.165, 1.54) is 30.5 Å². The third kappa shape index (κ3) is 5.35. The minimum absolute atomic E-state index is 0.0673. The van der Waals surface area contributed by atoms with E-state index in [1.807, 2.05) is 19.1 Å². The van der Waals surface area contributed by atoms with Crippen molar-refractivity contribution in [2.24, 2.45) is 5.10 Å². The van der Waals surface area contributed by atoms with Crippen molar-refractivity contribution in [3.63, 3.8) is 0 Å². The Labute approximate surface area is 172 Å². The molecule has 0 aliphatic heterocycles. The Balaban J connectivity index is 1.64. The topological polar surface area (TPSA) is 114 Å². The summed E-state index contributed by atoms with van der Waals surface area (Å²) in [7, 11) is 0. The Bertz CT molecular complexity index is 1120. The van der Waals surface area contributed by atoms with Gasteiger partial charge in [-0.25, -0.2) is 5.43 Å². The van der Waals surface area contributed by atoms with Crippen LogP contribution in [-0.4, -0.2) is 23.0 Å². The van der Waals surface area contributed by atoms with Gasteiger partial charge in [-0.1, -0.05) is 35.9 Å². The maximum Gasteiger partial charge on any atom is 0.271 e. The van der Waals surface area contributed by atoms with Crippen LogP contribution in [0.15, 0.2) is 77.9 Å². The van der Waals surface area contributed by atoms with Crippen molar-refractivity contribution < 1.29 is 14.5 Å². The molecule has 3 aromatic carbocycles. The molecule has 0 atom stereocenters. The second-order valence-electron chi connectivity index (χ2n) is 6.45. The van der Waals surface area contributed by atoms with Crippen LogP contribution >= 0.6 is 0 Å². The summed E-state index contributed by atoms with van der Waals surface area (Å²) in [5.74, 6) is -0.764. The van der Waals surface area contributed by atoms with Gasteiger partial charge in [-0.15, -0.1) is 0 Å². The quantitative estimate of drug-likeness (QED) is 0.369. The zero-order valence-corrected chi connectivity index (χ0v) is 16.0. The van der Waals surface area contributed by atoms with Gasteiger partial charge in [0.25, 0.3) is 17.5 Å². The van der Waals surface area contributed by atoms with E-state index < -0.39 is 10.8 Å². The molecule has 0 radical (unpaired) electrons. The fourth-order valence-corrected chi connectivity index (χ4v) is 2.60. The van der Waals surface area contributed by atoms with Crippen LogP contribution in [-0.2, 0) is 0 Å². The fourth-order valence-electron chi connectivity index (χ4n) is 2.60. The molecule has 3 rings (SSSR count). The molecule has 0 unspecified atom stereocenters. The molecule has 2 amide bonds. The summed E-state index contributed by atoms with van der Waals surface area (Å²) in [4.78, 5) is 34.9. The minimum atomic E-state index is -0.508. The maximum absolute atomic E-state index is 12.3. The number of hydrogen-bond acceptors (Lipinski definition) is 5. The summed E-state index contributed by atoms with van der Waals surface area (Å²) in [6, 6.07) is 19.4. The number of rotatable bonds is 6. The SMILES string of the molecule is Cc1ccc(C(=O)Nc2cccc(C(=O)NN=Cc3cccc([N+](=O)[O-])c3)c2)cc1. The van der Waals surface area contributed by atoms with E-state index in [1.54, 1.807) is 36.4 Å². The molecule has 8 heteroatoms. The lowest BCUT2D eigenvalue weighted by molar-refractivity contribution is -0.384. The van der Waals surface area contributed by atoms with Crippen molar-refractivity contribution in [3.05, 3.63) is 105 Å². The molecule has 0 aliphatic rings. The molecule has 0 saturated carbocycles. The third-order valence-corrected chi connectivity index (χ3v) is 4.16. The molecule has 0 aromatic heterocycles. The van der Waals surface area contributed by atoms with Crippen LogP contribution in [0.2, 0.25) is 0 Å². The molecule has 30 heavy (non-hydrogen) atoms. The van der Waals surface area contributed by atoms with E-state index >= 15 is 0 Å². The van der Waals surface area contributed by atoms with Crippen LogP contribution in [0.25, 0.3) is 0 Å². The molecule has 0 spiro atoms. The lowest BCUT2D eigenvalue weighted by Gasteiger charge is -2.07. The van der Waals surface area contributed by atoms with E-state index in [2.05, 4.69) is 15.8 Å². The first-order valence-electron chi connectivity index (χ1n) is 8.98. The predicted octanol–water partition coefficient (Wildman–Crippen LogP) is 3.92. The predicted molar refractivity (Wildman–Crippen MR) is 114 cm³/mol. The van der Waals surface area contributed by atoms with Gasteiger partial charge in [-0.3, -0.25) is 19.7 Å². The Kier molecular flexibility index (Phi) is 6.29. The van der Waals surface area contributed by atoms with Gasteiger partial charge in [0.15, 0.2) is 0 Å². The Hall–Kier alpha value is -4.33. The smallest absolute Gasteiger partial charge is 0.271 e. The van der Waals surface area contributed by atoms with Gasteiger partial charge < -0.3 is 5.32 Å². The first-order valence-corrected chi connectivity index (χ1v) is 8.98. The van der Waals surface area contributed by atoms with E-state index in [-0.39, 0.29) is 11.6 Å². The lowest BCUT2D eigenvalue weighted by Crippen LogP contribution is -2.18. The molecular formula is C22H18N4O4. The average molecular weight is 402 g/mol. The number of hydrazone groups is 1. The normalized spacial score (nSPS) is 10.6. The molecule has 0 saturated heterocycles. The standard InChI is InChI=1S/C22H18N4O4/c1-15-8-10-17(11-9-15)21(27)24-19-6-3-5-18(13-19)22(28)25-23-14-16-4-2-7-20(12-16)26(29)30/h2-14H,1H3,(H,24,27)(H,25,28). The highest BCUT2D eigenvalue weighted by Gasteiger charge is 2.09. The van der Waals surface area contributed by atoms with Gasteiger partial charge in [-0.05, 0) is 37.3 Å². The van der Waals surface area contributed by atoms with Gasteiger partial charge in [0.05, 0.1) is 11.1 Å². The molecule has 2 N–H and O–H groups in total. The first kappa shape index (κ1) is 20.4. The van der Waals surface area contributed by atoms with Gasteiger partial charge in [0.1, 0.15) is 0 Å². The molecule has 150 valence electrons. The molecule has 3 aromatic rings. The third-order valence-electron chi connectivity index (χ3n) is 4.16. The van der Waals surface area contributed by atoms with Gasteiger partial charge in [-0.2, -0.15) is 5.10 Å². The number of anilines is 1. The van der Waals surface area contributed by atoms with Crippen molar-refractivity contribution in [1.29, 1.82) is 0 Å². The second-order valence-corrected chi connectivity index (χ2v) is 6.45. The molecule has 0 heterocycles. The summed E-state index contributed by atoms with van der Waals surface area (Å²) in [6.07, 6.45) is 1.31. The van der Waals surface area contributed by atoms with Crippen molar-refractivity contribution >= 4 is 29.4 Å². The summed E-state index contributed by atoms with van der Waals surface area (Å²) >= 11 is 0. The van der Waals surface area contributed by atoms with Crippen molar-refractivity contribution in [2.45, 2.75) is 6.92 Å². The van der Waals surface area contributed by atoms with Crippen LogP contribution < -0.4 is 10.7 Å². The molecule has 0 aliphatic carbocycles. The number of nitro groups is 1. The number of amides is 2. The van der Waals surface area contributed by atoms with Crippen molar-refractivity contribution in [3.8, 4) is 0 Å². The van der Waals surface area contributed by atoms with E-state index in [0.29, 0.717) is 22.4 Å². The number of benzene rings is 3. The maximum atomic E-state index is 12.3. The summed E-state index contributed by atoms with van der Waals surface area (Å²) in [6.45, 7) is 1.94. The fraction of sp³-hybridized carbons (Fsp3) is 0.0455. The Morgan fingerprint density at radius 1 is 0.933 bits per heavy atom. The van der Waals surface area contributed by atoms with Crippen LogP contribution in [0.1, 0.15) is 31.8 Å². The van der Waals surface area contributed by atoms with Gasteiger partial charge in [0.2, 0.25) is 0 Å². The highest BCUT2D eigenvalue weighted by molar-refractivity contribution is 6.05. The van der Waals surface area contributed by atoms with Gasteiger partial charge in [0, 0.05) is 34.5 Å². The molecular weight excluding hydrogens is 384 g/mol. The number of carbonyl (C=O) groups is 2. The monoisotopic (exact) mass is 402 g/mol. The number of carbonyl (C=O) groups excluding carboxylic acids is 2. The summed E-state index contributed by atoms with van der Waals surface area (Å²) in [5.41, 5.74) is 5.10.